The van der Waals surface area contributed by atoms with Crippen molar-refractivity contribution in [3.63, 3.8) is 0 Å². The second kappa shape index (κ2) is 6.70. The summed E-state index contributed by atoms with van der Waals surface area (Å²) in [6.07, 6.45) is 4.23. The number of pyridine rings is 1. The lowest BCUT2D eigenvalue weighted by Gasteiger charge is -2.22. The number of nitrogens with zero attached hydrogens (tertiary/aromatic N) is 6. The van der Waals surface area contributed by atoms with Crippen LogP contribution in [-0.4, -0.2) is 24.5 Å². The summed E-state index contributed by atoms with van der Waals surface area (Å²) in [5.41, 5.74) is 9.81. The van der Waals surface area contributed by atoms with Gasteiger partial charge in [-0.05, 0) is 37.3 Å². The Morgan fingerprint density at radius 2 is 2.10 bits per heavy atom. The number of anilines is 1. The van der Waals surface area contributed by atoms with Gasteiger partial charge in [-0.25, -0.2) is 14.1 Å². The maximum atomic E-state index is 14.1. The molecule has 0 amide bonds. The lowest BCUT2D eigenvalue weighted by atomic mass is 10.1. The fraction of sp³-hybridized carbons (Fsp3) is 0.143. The number of nitrogen functional groups attached to an aromatic ring is 1. The minimum Gasteiger partial charge on any atom is -0.482 e. The van der Waals surface area contributed by atoms with Gasteiger partial charge in [0, 0.05) is 23.5 Å². The number of benzene rings is 1. The molecule has 8 nitrogen and oxygen atoms in total. The predicted octanol–water partition coefficient (Wildman–Crippen LogP) is 3.23. The second-order valence-electron chi connectivity index (χ2n) is 6.98. The molecular weight excluding hydrogens is 385 g/mol. The summed E-state index contributed by atoms with van der Waals surface area (Å²) in [6, 6.07) is 10.2. The van der Waals surface area contributed by atoms with Gasteiger partial charge < -0.3 is 10.5 Å². The molecular formula is C21H16FN7O. The van der Waals surface area contributed by atoms with Crippen molar-refractivity contribution in [2.45, 2.75) is 19.6 Å². The van der Waals surface area contributed by atoms with Crippen LogP contribution in [-0.2, 0) is 6.54 Å². The number of hydrogen-bond donors (Lipinski definition) is 1. The standard InChI is InChI=1S/C21H16FN7O/c1-12-17-7-15(22)2-3-18(17)29-16(4-5-26-29)11-28-20(14(8-23)10-27-28)13-6-19(30-12)21(24)25-9-13/h2-7,9-10,12H,11H2,1H3,(H2,24,25). The number of ether oxygens (including phenoxy) is 1. The molecule has 148 valence electrons. The highest BCUT2D eigenvalue weighted by Gasteiger charge is 2.22. The van der Waals surface area contributed by atoms with Crippen molar-refractivity contribution in [2.24, 2.45) is 0 Å². The SMILES string of the molecule is CC1Oc2cc(cnc2N)-c2c(C#N)cnn2Cc2ccnn2-c2ccc(F)cc21. The van der Waals surface area contributed by atoms with E-state index in [1.807, 2.05) is 13.0 Å². The summed E-state index contributed by atoms with van der Waals surface area (Å²) in [5, 5.41) is 18.4. The van der Waals surface area contributed by atoms with Gasteiger partial charge in [0.05, 0.1) is 35.4 Å². The summed E-state index contributed by atoms with van der Waals surface area (Å²) in [4.78, 5) is 4.24. The molecule has 0 saturated carbocycles. The Morgan fingerprint density at radius 3 is 2.93 bits per heavy atom. The van der Waals surface area contributed by atoms with Gasteiger partial charge in [-0.1, -0.05) is 0 Å². The van der Waals surface area contributed by atoms with E-state index in [1.165, 1.54) is 18.3 Å². The summed E-state index contributed by atoms with van der Waals surface area (Å²) in [7, 11) is 0. The first-order valence-corrected chi connectivity index (χ1v) is 9.26. The number of nitrogens with two attached hydrogens (primary N) is 1. The van der Waals surface area contributed by atoms with Crippen LogP contribution in [0.3, 0.4) is 0 Å². The van der Waals surface area contributed by atoms with E-state index < -0.39 is 6.10 Å². The van der Waals surface area contributed by atoms with Crippen molar-refractivity contribution in [1.82, 2.24) is 24.5 Å². The Morgan fingerprint density at radius 1 is 1.23 bits per heavy atom. The monoisotopic (exact) mass is 401 g/mol. The zero-order chi connectivity index (χ0) is 20.8. The van der Waals surface area contributed by atoms with Gasteiger partial charge in [0.15, 0.2) is 11.6 Å². The van der Waals surface area contributed by atoms with Crippen molar-refractivity contribution in [3.8, 4) is 28.8 Å². The fourth-order valence-corrected chi connectivity index (χ4v) is 3.69. The Hall–Kier alpha value is -4.19. The van der Waals surface area contributed by atoms with Crippen LogP contribution in [0.1, 0.15) is 29.8 Å². The molecule has 0 saturated heterocycles. The van der Waals surface area contributed by atoms with Crippen molar-refractivity contribution >= 4 is 5.82 Å². The van der Waals surface area contributed by atoms with E-state index in [-0.39, 0.29) is 11.6 Å². The molecule has 5 rings (SSSR count). The normalized spacial score (nSPS) is 14.9. The van der Waals surface area contributed by atoms with E-state index in [0.29, 0.717) is 40.4 Å². The first-order valence-electron chi connectivity index (χ1n) is 9.26. The topological polar surface area (TPSA) is 108 Å². The average Bonchev–Trinajstić information content (AvgIpc) is 3.36. The van der Waals surface area contributed by atoms with E-state index in [9.17, 15) is 9.65 Å². The molecule has 9 heteroatoms. The third-order valence-corrected chi connectivity index (χ3v) is 5.11. The third-order valence-electron chi connectivity index (χ3n) is 5.11. The molecule has 1 unspecified atom stereocenters. The van der Waals surface area contributed by atoms with Crippen molar-refractivity contribution in [3.05, 3.63) is 71.6 Å². The van der Waals surface area contributed by atoms with Gasteiger partial charge in [0.2, 0.25) is 0 Å². The Kier molecular flexibility index (Phi) is 3.99. The minimum absolute atomic E-state index is 0.199. The first-order chi connectivity index (χ1) is 14.5. The maximum Gasteiger partial charge on any atom is 0.166 e. The van der Waals surface area contributed by atoms with Gasteiger partial charge >= 0.3 is 0 Å². The van der Waals surface area contributed by atoms with E-state index in [2.05, 4.69) is 21.3 Å². The van der Waals surface area contributed by atoms with Crippen molar-refractivity contribution < 1.29 is 9.13 Å². The summed E-state index contributed by atoms with van der Waals surface area (Å²) in [6.45, 7) is 2.16. The van der Waals surface area contributed by atoms with E-state index >= 15 is 0 Å². The van der Waals surface area contributed by atoms with Crippen molar-refractivity contribution in [2.75, 3.05) is 5.73 Å². The minimum atomic E-state index is -0.535. The van der Waals surface area contributed by atoms with Crippen LogP contribution < -0.4 is 10.5 Å². The first kappa shape index (κ1) is 17.9. The maximum absolute atomic E-state index is 14.1. The molecule has 3 aromatic heterocycles. The number of fused-ring (bicyclic) bond motifs is 7. The summed E-state index contributed by atoms with van der Waals surface area (Å²) in [5.74, 6) is 0.163. The molecule has 1 aromatic carbocycles. The van der Waals surface area contributed by atoms with Crippen LogP contribution in [0.4, 0.5) is 10.2 Å². The predicted molar refractivity (Wildman–Crippen MR) is 106 cm³/mol. The highest BCUT2D eigenvalue weighted by molar-refractivity contribution is 5.69. The number of hydrogen-bond acceptors (Lipinski definition) is 6. The molecule has 0 aliphatic carbocycles. The van der Waals surface area contributed by atoms with Crippen molar-refractivity contribution in [1.29, 1.82) is 5.26 Å². The smallest absolute Gasteiger partial charge is 0.166 e. The second-order valence-corrected chi connectivity index (χ2v) is 6.98. The van der Waals surface area contributed by atoms with E-state index in [0.717, 1.165) is 5.69 Å². The molecule has 1 atom stereocenters. The Balaban J connectivity index is 1.81. The van der Waals surface area contributed by atoms with Gasteiger partial charge in [-0.2, -0.15) is 15.5 Å². The van der Waals surface area contributed by atoms with Gasteiger partial charge in [0.25, 0.3) is 0 Å². The van der Waals surface area contributed by atoms with Gasteiger partial charge in [-0.15, -0.1) is 0 Å². The summed E-state index contributed by atoms with van der Waals surface area (Å²) >= 11 is 0. The Labute approximate surface area is 171 Å². The van der Waals surface area contributed by atoms with Crippen LogP contribution in [0.2, 0.25) is 0 Å². The molecule has 0 spiro atoms. The molecule has 2 N–H and O–H groups in total. The van der Waals surface area contributed by atoms with Crippen LogP contribution in [0.15, 0.2) is 48.9 Å². The number of rotatable bonds is 0. The molecule has 0 fully saturated rings. The quantitative estimate of drug-likeness (QED) is 0.485. The molecule has 2 bridgehead atoms. The highest BCUT2D eigenvalue weighted by atomic mass is 19.1. The zero-order valence-electron chi connectivity index (χ0n) is 16.0. The summed E-state index contributed by atoms with van der Waals surface area (Å²) < 4.78 is 23.6. The van der Waals surface area contributed by atoms with E-state index in [4.69, 9.17) is 10.5 Å². The van der Waals surface area contributed by atoms with Crippen LogP contribution >= 0.6 is 0 Å². The molecule has 1 aliphatic heterocycles. The molecule has 0 radical (unpaired) electrons. The molecule has 4 heterocycles. The third kappa shape index (κ3) is 2.78. The number of nitriles is 1. The number of halogens is 1. The molecule has 4 aromatic rings. The fourth-order valence-electron chi connectivity index (χ4n) is 3.69. The van der Waals surface area contributed by atoms with Gasteiger partial charge in [-0.3, -0.25) is 4.68 Å². The highest BCUT2D eigenvalue weighted by Crippen LogP contribution is 2.34. The lowest BCUT2D eigenvalue weighted by molar-refractivity contribution is 0.226. The van der Waals surface area contributed by atoms with Crippen LogP contribution in [0, 0.1) is 17.1 Å². The lowest BCUT2D eigenvalue weighted by Crippen LogP contribution is -2.15. The molecule has 1 aliphatic rings. The Bertz CT molecular complexity index is 1320. The molecule has 30 heavy (non-hydrogen) atoms. The zero-order valence-corrected chi connectivity index (χ0v) is 16.0. The average molecular weight is 401 g/mol. The largest absolute Gasteiger partial charge is 0.482 e. The van der Waals surface area contributed by atoms with Crippen LogP contribution in [0.5, 0.6) is 5.75 Å². The number of aromatic nitrogens is 5. The van der Waals surface area contributed by atoms with E-state index in [1.54, 1.807) is 33.9 Å². The van der Waals surface area contributed by atoms with Gasteiger partial charge in [0.1, 0.15) is 18.0 Å². The van der Waals surface area contributed by atoms with Crippen LogP contribution in [0.25, 0.3) is 16.9 Å².